The summed E-state index contributed by atoms with van der Waals surface area (Å²) in [6, 6.07) is 0. The van der Waals surface area contributed by atoms with Gasteiger partial charge in [0.25, 0.3) is 0 Å². The lowest BCUT2D eigenvalue weighted by molar-refractivity contribution is -0.0279. The van der Waals surface area contributed by atoms with Gasteiger partial charge in [-0.15, -0.1) is 0 Å². The largest absolute Gasteiger partial charge is 0.245 e. The number of nitrogens with zero attached hydrogens (tertiary/aromatic N) is 2. The summed E-state index contributed by atoms with van der Waals surface area (Å²) in [5.41, 5.74) is 0. The molecule has 1 saturated heterocycles. The highest BCUT2D eigenvalue weighted by Gasteiger charge is 2.14. The van der Waals surface area contributed by atoms with Crippen LogP contribution in [0.1, 0.15) is 39.0 Å². The minimum Gasteiger partial charge on any atom is -0.245 e. The maximum absolute atomic E-state index is 2.50. The van der Waals surface area contributed by atoms with Crippen LogP contribution < -0.4 is 0 Å². The van der Waals surface area contributed by atoms with Crippen molar-refractivity contribution >= 4 is 0 Å². The lowest BCUT2D eigenvalue weighted by Gasteiger charge is -2.35. The van der Waals surface area contributed by atoms with Gasteiger partial charge < -0.3 is 0 Å². The Morgan fingerprint density at radius 1 is 1.08 bits per heavy atom. The fourth-order valence-corrected chi connectivity index (χ4v) is 1.77. The van der Waals surface area contributed by atoms with Gasteiger partial charge in [-0.3, -0.25) is 0 Å². The quantitative estimate of drug-likeness (QED) is 0.596. The second kappa shape index (κ2) is 5.55. The van der Waals surface area contributed by atoms with E-state index in [1.807, 2.05) is 0 Å². The number of hydrogen-bond donors (Lipinski definition) is 0. The van der Waals surface area contributed by atoms with Gasteiger partial charge in [-0.2, -0.15) is 0 Å². The maximum atomic E-state index is 2.50. The van der Waals surface area contributed by atoms with Crippen LogP contribution in [0.3, 0.4) is 0 Å². The molecular formula is C10H22N2. The highest BCUT2D eigenvalue weighted by atomic mass is 15.6. The van der Waals surface area contributed by atoms with Crippen LogP contribution in [0.2, 0.25) is 0 Å². The lowest BCUT2D eigenvalue weighted by atomic mass is 10.2. The molecule has 0 aromatic heterocycles. The number of hydrazine groups is 1. The molecule has 2 heteroatoms. The molecular weight excluding hydrogens is 148 g/mol. The molecule has 0 amide bonds. The van der Waals surface area contributed by atoms with Crippen molar-refractivity contribution in [2.45, 2.75) is 39.0 Å². The fraction of sp³-hybridized carbons (Fsp3) is 1.00. The molecule has 0 N–H and O–H groups in total. The molecule has 12 heavy (non-hydrogen) atoms. The maximum Gasteiger partial charge on any atom is 0.0133 e. The Bertz CT molecular complexity index is 114. The van der Waals surface area contributed by atoms with Crippen LogP contribution in [0, 0.1) is 0 Å². The van der Waals surface area contributed by atoms with Gasteiger partial charge in [-0.1, -0.05) is 19.8 Å². The van der Waals surface area contributed by atoms with E-state index in [2.05, 4.69) is 24.0 Å². The summed E-state index contributed by atoms with van der Waals surface area (Å²) >= 11 is 0. The second-order valence-electron chi connectivity index (χ2n) is 3.75. The van der Waals surface area contributed by atoms with Crippen molar-refractivity contribution < 1.29 is 0 Å². The molecule has 0 aliphatic carbocycles. The Kier molecular flexibility index (Phi) is 4.62. The Morgan fingerprint density at radius 3 is 2.50 bits per heavy atom. The van der Waals surface area contributed by atoms with E-state index in [4.69, 9.17) is 0 Å². The zero-order valence-electron chi connectivity index (χ0n) is 8.55. The Labute approximate surface area is 76.5 Å². The van der Waals surface area contributed by atoms with Crippen molar-refractivity contribution in [3.63, 3.8) is 0 Å². The minimum atomic E-state index is 1.26. The van der Waals surface area contributed by atoms with E-state index in [1.165, 1.54) is 51.7 Å². The first-order chi connectivity index (χ1) is 5.84. The molecule has 1 heterocycles. The Morgan fingerprint density at radius 2 is 1.83 bits per heavy atom. The van der Waals surface area contributed by atoms with Gasteiger partial charge >= 0.3 is 0 Å². The smallest absolute Gasteiger partial charge is 0.0133 e. The normalized spacial score (nSPS) is 21.5. The van der Waals surface area contributed by atoms with Gasteiger partial charge in [0.05, 0.1) is 0 Å². The van der Waals surface area contributed by atoms with Gasteiger partial charge in [0.1, 0.15) is 0 Å². The van der Waals surface area contributed by atoms with Crippen LogP contribution in [0.15, 0.2) is 0 Å². The average Bonchev–Trinajstić information content (AvgIpc) is 2.09. The monoisotopic (exact) mass is 170 g/mol. The number of unbranched alkanes of at least 4 members (excludes halogenated alkanes) is 2. The van der Waals surface area contributed by atoms with Crippen LogP contribution in [-0.2, 0) is 0 Å². The third-order valence-corrected chi connectivity index (χ3v) is 2.65. The number of hydrogen-bond acceptors (Lipinski definition) is 2. The molecule has 2 nitrogen and oxygen atoms in total. The van der Waals surface area contributed by atoms with Gasteiger partial charge in [0, 0.05) is 26.7 Å². The van der Waals surface area contributed by atoms with Gasteiger partial charge in [-0.25, -0.2) is 10.0 Å². The zero-order chi connectivity index (χ0) is 8.81. The third-order valence-electron chi connectivity index (χ3n) is 2.65. The van der Waals surface area contributed by atoms with E-state index in [0.29, 0.717) is 0 Å². The molecule has 72 valence electrons. The van der Waals surface area contributed by atoms with Crippen molar-refractivity contribution in [2.24, 2.45) is 0 Å². The highest BCUT2D eigenvalue weighted by Crippen LogP contribution is 2.09. The third kappa shape index (κ3) is 3.11. The van der Waals surface area contributed by atoms with Crippen LogP contribution in [0.4, 0.5) is 0 Å². The number of rotatable bonds is 4. The first-order valence-electron chi connectivity index (χ1n) is 5.30. The molecule has 0 aromatic rings. The highest BCUT2D eigenvalue weighted by molar-refractivity contribution is 4.61. The van der Waals surface area contributed by atoms with Crippen molar-refractivity contribution in [3.8, 4) is 0 Å². The summed E-state index contributed by atoms with van der Waals surface area (Å²) in [7, 11) is 2.21. The molecule has 1 rings (SSSR count). The summed E-state index contributed by atoms with van der Waals surface area (Å²) in [6.45, 7) is 6.07. The average molecular weight is 170 g/mol. The second-order valence-corrected chi connectivity index (χ2v) is 3.75. The topological polar surface area (TPSA) is 6.48 Å². The van der Waals surface area contributed by atoms with Gasteiger partial charge in [0.15, 0.2) is 0 Å². The van der Waals surface area contributed by atoms with E-state index >= 15 is 0 Å². The zero-order valence-corrected chi connectivity index (χ0v) is 8.55. The predicted molar refractivity (Wildman–Crippen MR) is 53.0 cm³/mol. The lowest BCUT2D eigenvalue weighted by Crippen LogP contribution is -2.44. The van der Waals surface area contributed by atoms with Crippen LogP contribution >= 0.6 is 0 Å². The van der Waals surface area contributed by atoms with Crippen molar-refractivity contribution in [1.82, 2.24) is 10.0 Å². The van der Waals surface area contributed by atoms with Crippen LogP contribution in [0.5, 0.6) is 0 Å². The molecule has 0 spiro atoms. The van der Waals surface area contributed by atoms with E-state index in [-0.39, 0.29) is 0 Å². The van der Waals surface area contributed by atoms with Crippen molar-refractivity contribution in [3.05, 3.63) is 0 Å². The summed E-state index contributed by atoms with van der Waals surface area (Å²) in [5, 5.41) is 4.89. The predicted octanol–water partition coefficient (Wildman–Crippen LogP) is 2.12. The van der Waals surface area contributed by atoms with E-state index < -0.39 is 0 Å². The molecule has 1 aliphatic rings. The van der Waals surface area contributed by atoms with E-state index in [9.17, 15) is 0 Å². The van der Waals surface area contributed by atoms with Crippen molar-refractivity contribution in [2.75, 3.05) is 26.7 Å². The standard InChI is InChI=1S/C10H22N2/c1-3-4-5-9-12-10-7-6-8-11(12)2/h3-10H2,1-2H3. The van der Waals surface area contributed by atoms with Crippen LogP contribution in [0.25, 0.3) is 0 Å². The van der Waals surface area contributed by atoms with Crippen LogP contribution in [-0.4, -0.2) is 36.7 Å². The molecule has 1 aliphatic heterocycles. The summed E-state index contributed by atoms with van der Waals surface area (Å²) in [6.07, 6.45) is 6.83. The van der Waals surface area contributed by atoms with E-state index in [1.54, 1.807) is 0 Å². The fourth-order valence-electron chi connectivity index (χ4n) is 1.77. The minimum absolute atomic E-state index is 1.26. The SMILES string of the molecule is CCCCCN1CCCCN1C. The van der Waals surface area contributed by atoms with Crippen molar-refractivity contribution in [1.29, 1.82) is 0 Å². The summed E-state index contributed by atoms with van der Waals surface area (Å²) in [4.78, 5) is 0. The van der Waals surface area contributed by atoms with Gasteiger partial charge in [-0.05, 0) is 19.3 Å². The van der Waals surface area contributed by atoms with Gasteiger partial charge in [0.2, 0.25) is 0 Å². The molecule has 1 fully saturated rings. The summed E-state index contributed by atoms with van der Waals surface area (Å²) < 4.78 is 0. The van der Waals surface area contributed by atoms with E-state index in [0.717, 1.165) is 0 Å². The Hall–Kier alpha value is -0.0800. The molecule has 0 atom stereocenters. The Balaban J connectivity index is 2.11. The molecule has 0 aromatic carbocycles. The first kappa shape index (κ1) is 10.0. The molecule has 0 saturated carbocycles. The molecule has 0 bridgehead atoms. The molecule has 0 unspecified atom stereocenters. The molecule has 0 radical (unpaired) electrons. The first-order valence-corrected chi connectivity index (χ1v) is 5.30. The summed E-state index contributed by atoms with van der Waals surface area (Å²) in [5.74, 6) is 0.